The molecule has 2 aromatic carbocycles. The summed E-state index contributed by atoms with van der Waals surface area (Å²) in [5.41, 5.74) is 8.83. The van der Waals surface area contributed by atoms with Gasteiger partial charge >= 0.3 is 0 Å². The number of ether oxygens (including phenoxy) is 1. The van der Waals surface area contributed by atoms with E-state index in [0.29, 0.717) is 12.4 Å². The van der Waals surface area contributed by atoms with Gasteiger partial charge in [0.05, 0.1) is 17.6 Å². The molecule has 0 fully saturated rings. The van der Waals surface area contributed by atoms with Gasteiger partial charge in [0.25, 0.3) is 5.69 Å². The third kappa shape index (κ3) is 3.20. The number of non-ortho nitro benzene ring substituents is 1. The van der Waals surface area contributed by atoms with E-state index in [0.717, 1.165) is 16.7 Å². The van der Waals surface area contributed by atoms with E-state index in [1.807, 2.05) is 38.1 Å². The van der Waals surface area contributed by atoms with Gasteiger partial charge in [0.15, 0.2) is 0 Å². The summed E-state index contributed by atoms with van der Waals surface area (Å²) in [5.74, 6) is 0.707. The molecule has 0 radical (unpaired) electrons. The first-order valence-corrected chi connectivity index (χ1v) is 6.76. The van der Waals surface area contributed by atoms with Crippen LogP contribution in [-0.4, -0.2) is 11.5 Å². The second kappa shape index (κ2) is 6.37. The molecular formula is C16H18N2O3. The lowest BCUT2D eigenvalue weighted by Crippen LogP contribution is -2.15. The zero-order chi connectivity index (χ0) is 15.4. The van der Waals surface area contributed by atoms with Crippen molar-refractivity contribution in [1.29, 1.82) is 0 Å². The Morgan fingerprint density at radius 2 is 1.95 bits per heavy atom. The molecule has 0 saturated carbocycles. The average molecular weight is 286 g/mol. The Morgan fingerprint density at radius 3 is 2.62 bits per heavy atom. The molecule has 110 valence electrons. The van der Waals surface area contributed by atoms with E-state index in [9.17, 15) is 10.1 Å². The number of benzene rings is 2. The van der Waals surface area contributed by atoms with Crippen molar-refractivity contribution in [2.75, 3.05) is 6.61 Å². The molecule has 1 unspecified atom stereocenters. The highest BCUT2D eigenvalue weighted by atomic mass is 16.6. The summed E-state index contributed by atoms with van der Waals surface area (Å²) >= 11 is 0. The van der Waals surface area contributed by atoms with Gasteiger partial charge in [0.1, 0.15) is 5.75 Å². The fourth-order valence-corrected chi connectivity index (χ4v) is 2.27. The van der Waals surface area contributed by atoms with Gasteiger partial charge in [-0.3, -0.25) is 10.1 Å². The molecule has 0 aliphatic heterocycles. The maximum atomic E-state index is 10.9. The fraction of sp³-hybridized carbons (Fsp3) is 0.250. The molecule has 0 aliphatic rings. The van der Waals surface area contributed by atoms with Crippen LogP contribution in [0.15, 0.2) is 42.5 Å². The van der Waals surface area contributed by atoms with Crippen molar-refractivity contribution in [3.05, 3.63) is 69.3 Å². The van der Waals surface area contributed by atoms with Crippen LogP contribution in [0.4, 0.5) is 5.69 Å². The highest BCUT2D eigenvalue weighted by molar-refractivity contribution is 5.47. The SMILES string of the molecule is CCOc1ccccc1C(N)c1cc([N+](=O)[O-])ccc1C. The molecule has 0 aliphatic carbocycles. The minimum atomic E-state index is -0.465. The Hall–Kier alpha value is -2.40. The number of nitrogens with zero attached hydrogens (tertiary/aromatic N) is 1. The van der Waals surface area contributed by atoms with Crippen LogP contribution in [0, 0.1) is 17.0 Å². The molecule has 21 heavy (non-hydrogen) atoms. The third-order valence-electron chi connectivity index (χ3n) is 3.36. The minimum Gasteiger partial charge on any atom is -0.494 e. The summed E-state index contributed by atoms with van der Waals surface area (Å²) in [7, 11) is 0. The second-order valence-electron chi connectivity index (χ2n) is 4.75. The van der Waals surface area contributed by atoms with Crippen molar-refractivity contribution >= 4 is 5.69 Å². The van der Waals surface area contributed by atoms with Gasteiger partial charge in [-0.25, -0.2) is 0 Å². The zero-order valence-corrected chi connectivity index (χ0v) is 12.1. The van der Waals surface area contributed by atoms with E-state index in [2.05, 4.69) is 0 Å². The number of nitro groups is 1. The first-order valence-electron chi connectivity index (χ1n) is 6.76. The molecule has 0 amide bonds. The fourth-order valence-electron chi connectivity index (χ4n) is 2.27. The second-order valence-corrected chi connectivity index (χ2v) is 4.75. The Morgan fingerprint density at radius 1 is 1.24 bits per heavy atom. The Balaban J connectivity index is 2.47. The van der Waals surface area contributed by atoms with Gasteiger partial charge < -0.3 is 10.5 Å². The molecule has 5 heteroatoms. The van der Waals surface area contributed by atoms with Gasteiger partial charge in [-0.2, -0.15) is 0 Å². The molecular weight excluding hydrogens is 268 g/mol. The number of nitrogens with two attached hydrogens (primary N) is 1. The number of para-hydroxylation sites is 1. The predicted molar refractivity (Wildman–Crippen MR) is 81.5 cm³/mol. The molecule has 2 N–H and O–H groups in total. The van der Waals surface area contributed by atoms with Crippen molar-refractivity contribution in [3.8, 4) is 5.75 Å². The van der Waals surface area contributed by atoms with E-state index in [1.54, 1.807) is 6.07 Å². The Bertz CT molecular complexity index is 656. The van der Waals surface area contributed by atoms with Crippen LogP contribution in [0.5, 0.6) is 5.75 Å². The molecule has 0 bridgehead atoms. The first kappa shape index (κ1) is 15.0. The highest BCUT2D eigenvalue weighted by Crippen LogP contribution is 2.31. The van der Waals surface area contributed by atoms with E-state index in [4.69, 9.17) is 10.5 Å². The summed E-state index contributed by atoms with van der Waals surface area (Å²) in [5, 5.41) is 10.9. The van der Waals surface area contributed by atoms with Crippen molar-refractivity contribution in [1.82, 2.24) is 0 Å². The van der Waals surface area contributed by atoms with Crippen LogP contribution in [0.2, 0.25) is 0 Å². The number of hydrogen-bond acceptors (Lipinski definition) is 4. The van der Waals surface area contributed by atoms with Crippen molar-refractivity contribution in [2.24, 2.45) is 5.73 Å². The smallest absolute Gasteiger partial charge is 0.269 e. The Labute approximate surface area is 123 Å². The topological polar surface area (TPSA) is 78.4 Å². The molecule has 2 rings (SSSR count). The molecule has 0 spiro atoms. The standard InChI is InChI=1S/C16H18N2O3/c1-3-21-15-7-5-4-6-13(15)16(17)14-10-12(18(19)20)9-8-11(14)2/h4-10,16H,3,17H2,1-2H3. The van der Waals surface area contributed by atoms with Gasteiger partial charge in [0, 0.05) is 17.7 Å². The molecule has 0 saturated heterocycles. The number of aryl methyl sites for hydroxylation is 1. The predicted octanol–water partition coefficient (Wildman–Crippen LogP) is 3.35. The van der Waals surface area contributed by atoms with Gasteiger partial charge in [-0.15, -0.1) is 0 Å². The van der Waals surface area contributed by atoms with Crippen LogP contribution in [0.3, 0.4) is 0 Å². The van der Waals surface area contributed by atoms with E-state index in [-0.39, 0.29) is 5.69 Å². The summed E-state index contributed by atoms with van der Waals surface area (Å²) in [6, 6.07) is 11.8. The van der Waals surface area contributed by atoms with Crippen LogP contribution in [0.25, 0.3) is 0 Å². The van der Waals surface area contributed by atoms with Gasteiger partial charge in [0.2, 0.25) is 0 Å². The minimum absolute atomic E-state index is 0.0416. The molecule has 1 atom stereocenters. The number of hydrogen-bond donors (Lipinski definition) is 1. The van der Waals surface area contributed by atoms with Crippen LogP contribution >= 0.6 is 0 Å². The third-order valence-corrected chi connectivity index (χ3v) is 3.36. The van der Waals surface area contributed by atoms with Crippen molar-refractivity contribution < 1.29 is 9.66 Å². The zero-order valence-electron chi connectivity index (χ0n) is 12.1. The van der Waals surface area contributed by atoms with E-state index >= 15 is 0 Å². The number of rotatable bonds is 5. The Kier molecular flexibility index (Phi) is 4.55. The van der Waals surface area contributed by atoms with Gasteiger partial charge in [-0.1, -0.05) is 24.3 Å². The van der Waals surface area contributed by atoms with E-state index in [1.165, 1.54) is 12.1 Å². The summed E-state index contributed by atoms with van der Waals surface area (Å²) in [6.45, 7) is 4.33. The van der Waals surface area contributed by atoms with Crippen molar-refractivity contribution in [2.45, 2.75) is 19.9 Å². The molecule has 0 heterocycles. The van der Waals surface area contributed by atoms with Crippen LogP contribution in [0.1, 0.15) is 29.7 Å². The normalized spacial score (nSPS) is 12.0. The maximum absolute atomic E-state index is 10.9. The monoisotopic (exact) mass is 286 g/mol. The summed E-state index contributed by atoms with van der Waals surface area (Å²) < 4.78 is 5.58. The van der Waals surface area contributed by atoms with Gasteiger partial charge in [-0.05, 0) is 31.0 Å². The quantitative estimate of drug-likeness (QED) is 0.675. The van der Waals surface area contributed by atoms with Crippen LogP contribution in [-0.2, 0) is 0 Å². The maximum Gasteiger partial charge on any atom is 0.269 e. The largest absolute Gasteiger partial charge is 0.494 e. The molecule has 5 nitrogen and oxygen atoms in total. The lowest BCUT2D eigenvalue weighted by Gasteiger charge is -2.18. The molecule has 0 aromatic heterocycles. The first-order chi connectivity index (χ1) is 10.0. The lowest BCUT2D eigenvalue weighted by molar-refractivity contribution is -0.384. The lowest BCUT2D eigenvalue weighted by atomic mass is 9.94. The average Bonchev–Trinajstić information content (AvgIpc) is 2.47. The van der Waals surface area contributed by atoms with Crippen LogP contribution < -0.4 is 10.5 Å². The molecule has 2 aromatic rings. The van der Waals surface area contributed by atoms with Crippen molar-refractivity contribution in [3.63, 3.8) is 0 Å². The number of nitro benzene ring substituents is 1. The highest BCUT2D eigenvalue weighted by Gasteiger charge is 2.18. The van der Waals surface area contributed by atoms with E-state index < -0.39 is 11.0 Å². The summed E-state index contributed by atoms with van der Waals surface area (Å²) in [6.07, 6.45) is 0. The summed E-state index contributed by atoms with van der Waals surface area (Å²) in [4.78, 5) is 10.5.